The van der Waals surface area contributed by atoms with Crippen LogP contribution >= 0.6 is 22.9 Å². The number of hydrogen-bond donors (Lipinski definition) is 1. The average Bonchev–Trinajstić information content (AvgIpc) is 2.98. The van der Waals surface area contributed by atoms with Crippen LogP contribution in [-0.2, 0) is 5.54 Å². The van der Waals surface area contributed by atoms with Gasteiger partial charge in [-0.1, -0.05) is 36.5 Å². The predicted octanol–water partition coefficient (Wildman–Crippen LogP) is 4.12. The SMILES string of the molecule is Cc1csc(-c2nc(C3(N)CCCC(C)C3)no2)c1Cl. The third kappa shape index (κ3) is 2.38. The van der Waals surface area contributed by atoms with E-state index < -0.39 is 5.54 Å². The molecule has 1 fully saturated rings. The lowest BCUT2D eigenvalue weighted by atomic mass is 9.76. The van der Waals surface area contributed by atoms with Gasteiger partial charge in [0.2, 0.25) is 0 Å². The van der Waals surface area contributed by atoms with Gasteiger partial charge >= 0.3 is 0 Å². The van der Waals surface area contributed by atoms with E-state index >= 15 is 0 Å². The van der Waals surface area contributed by atoms with Gasteiger partial charge in [0.15, 0.2) is 5.82 Å². The van der Waals surface area contributed by atoms with Gasteiger partial charge in [-0.25, -0.2) is 0 Å². The number of nitrogens with two attached hydrogens (primary N) is 1. The molecule has 108 valence electrons. The highest BCUT2D eigenvalue weighted by molar-refractivity contribution is 7.14. The van der Waals surface area contributed by atoms with E-state index in [4.69, 9.17) is 21.9 Å². The first-order chi connectivity index (χ1) is 9.49. The van der Waals surface area contributed by atoms with Gasteiger partial charge in [-0.3, -0.25) is 0 Å². The number of aryl methyl sites for hydroxylation is 1. The minimum absolute atomic E-state index is 0.460. The Morgan fingerprint density at radius 2 is 2.35 bits per heavy atom. The number of thiophene rings is 1. The van der Waals surface area contributed by atoms with Crippen molar-refractivity contribution in [2.24, 2.45) is 11.7 Å². The molecule has 2 atom stereocenters. The molecule has 0 spiro atoms. The Balaban J connectivity index is 1.92. The highest BCUT2D eigenvalue weighted by Crippen LogP contribution is 2.39. The van der Waals surface area contributed by atoms with Crippen molar-refractivity contribution < 1.29 is 4.52 Å². The van der Waals surface area contributed by atoms with E-state index in [0.717, 1.165) is 29.7 Å². The minimum Gasteiger partial charge on any atom is -0.333 e. The van der Waals surface area contributed by atoms with E-state index in [1.807, 2.05) is 12.3 Å². The number of rotatable bonds is 2. The summed E-state index contributed by atoms with van der Waals surface area (Å²) in [6.07, 6.45) is 4.15. The molecule has 0 radical (unpaired) electrons. The van der Waals surface area contributed by atoms with Crippen LogP contribution in [0.5, 0.6) is 0 Å². The van der Waals surface area contributed by atoms with Gasteiger partial charge in [0, 0.05) is 0 Å². The van der Waals surface area contributed by atoms with E-state index in [0.29, 0.717) is 22.7 Å². The molecular weight excluding hydrogens is 294 g/mol. The summed E-state index contributed by atoms with van der Waals surface area (Å²) in [7, 11) is 0. The summed E-state index contributed by atoms with van der Waals surface area (Å²) < 4.78 is 5.38. The van der Waals surface area contributed by atoms with Crippen molar-refractivity contribution in [3.8, 4) is 10.8 Å². The molecule has 0 aromatic carbocycles. The first-order valence-electron chi connectivity index (χ1n) is 6.86. The number of halogens is 1. The summed E-state index contributed by atoms with van der Waals surface area (Å²) >= 11 is 7.77. The molecular formula is C14H18ClN3OS. The van der Waals surface area contributed by atoms with Crippen molar-refractivity contribution in [1.29, 1.82) is 0 Å². The van der Waals surface area contributed by atoms with E-state index in [-0.39, 0.29) is 0 Å². The highest BCUT2D eigenvalue weighted by atomic mass is 35.5. The molecule has 2 aromatic heterocycles. The predicted molar refractivity (Wildman–Crippen MR) is 80.9 cm³/mol. The molecule has 3 rings (SSSR count). The quantitative estimate of drug-likeness (QED) is 0.906. The molecule has 20 heavy (non-hydrogen) atoms. The van der Waals surface area contributed by atoms with Gasteiger partial charge in [0.1, 0.15) is 4.88 Å². The second-order valence-corrected chi connectivity index (χ2v) is 7.10. The van der Waals surface area contributed by atoms with Crippen molar-refractivity contribution in [3.63, 3.8) is 0 Å². The molecule has 6 heteroatoms. The van der Waals surface area contributed by atoms with E-state index in [9.17, 15) is 0 Å². The Labute approximate surface area is 127 Å². The van der Waals surface area contributed by atoms with Gasteiger partial charge < -0.3 is 10.3 Å². The molecule has 2 N–H and O–H groups in total. The standard InChI is InChI=1S/C14H18ClN3OS/c1-8-4-3-5-14(16,6-8)13-17-12(19-18-13)11-10(15)9(2)7-20-11/h7-8H,3-6,16H2,1-2H3. The summed E-state index contributed by atoms with van der Waals surface area (Å²) in [5.74, 6) is 1.69. The zero-order valence-corrected chi connectivity index (χ0v) is 13.2. The normalized spacial score (nSPS) is 26.9. The van der Waals surface area contributed by atoms with Crippen LogP contribution in [0.2, 0.25) is 5.02 Å². The topological polar surface area (TPSA) is 64.9 Å². The highest BCUT2D eigenvalue weighted by Gasteiger charge is 2.37. The summed E-state index contributed by atoms with van der Waals surface area (Å²) in [4.78, 5) is 5.34. The summed E-state index contributed by atoms with van der Waals surface area (Å²) in [6.45, 7) is 4.19. The Morgan fingerprint density at radius 3 is 3.00 bits per heavy atom. The van der Waals surface area contributed by atoms with Crippen LogP contribution in [0, 0.1) is 12.8 Å². The molecule has 1 aliphatic rings. The van der Waals surface area contributed by atoms with Crippen molar-refractivity contribution in [3.05, 3.63) is 21.8 Å². The van der Waals surface area contributed by atoms with E-state index in [2.05, 4.69) is 17.1 Å². The molecule has 0 aliphatic heterocycles. The summed E-state index contributed by atoms with van der Waals surface area (Å²) in [6, 6.07) is 0. The van der Waals surface area contributed by atoms with Crippen LogP contribution < -0.4 is 5.73 Å². The molecule has 0 amide bonds. The molecule has 4 nitrogen and oxygen atoms in total. The fraction of sp³-hybridized carbons (Fsp3) is 0.571. The zero-order chi connectivity index (χ0) is 14.3. The van der Waals surface area contributed by atoms with Gasteiger partial charge in [-0.05, 0) is 36.6 Å². The van der Waals surface area contributed by atoms with Crippen molar-refractivity contribution in [2.75, 3.05) is 0 Å². The smallest absolute Gasteiger partial charge is 0.269 e. The molecule has 2 unspecified atom stereocenters. The third-order valence-electron chi connectivity index (χ3n) is 4.00. The summed E-state index contributed by atoms with van der Waals surface area (Å²) in [5.41, 5.74) is 7.06. The second kappa shape index (κ2) is 5.13. The average molecular weight is 312 g/mol. The lowest BCUT2D eigenvalue weighted by Crippen LogP contribution is -2.42. The first kappa shape index (κ1) is 14.0. The maximum atomic E-state index is 6.49. The molecule has 0 bridgehead atoms. The summed E-state index contributed by atoms with van der Waals surface area (Å²) in [5, 5.41) is 6.79. The fourth-order valence-corrected chi connectivity index (χ4v) is 4.08. The van der Waals surface area contributed by atoms with Gasteiger partial charge in [-0.2, -0.15) is 4.98 Å². The van der Waals surface area contributed by atoms with E-state index in [1.165, 1.54) is 17.8 Å². The second-order valence-electron chi connectivity index (χ2n) is 5.84. The van der Waals surface area contributed by atoms with Crippen molar-refractivity contribution in [1.82, 2.24) is 10.1 Å². The van der Waals surface area contributed by atoms with Crippen LogP contribution in [0.15, 0.2) is 9.90 Å². The zero-order valence-electron chi connectivity index (χ0n) is 11.6. The van der Waals surface area contributed by atoms with Crippen molar-refractivity contribution in [2.45, 2.75) is 45.1 Å². The van der Waals surface area contributed by atoms with Crippen LogP contribution in [0.25, 0.3) is 10.8 Å². The van der Waals surface area contributed by atoms with Crippen LogP contribution in [0.3, 0.4) is 0 Å². The van der Waals surface area contributed by atoms with Gasteiger partial charge in [0.05, 0.1) is 10.6 Å². The maximum Gasteiger partial charge on any atom is 0.269 e. The Bertz CT molecular complexity index is 624. The van der Waals surface area contributed by atoms with Crippen LogP contribution in [0.4, 0.5) is 0 Å². The Morgan fingerprint density at radius 1 is 1.55 bits per heavy atom. The van der Waals surface area contributed by atoms with Crippen LogP contribution in [0.1, 0.15) is 44.0 Å². The minimum atomic E-state index is -0.460. The fourth-order valence-electron chi connectivity index (χ4n) is 2.89. The third-order valence-corrected chi connectivity index (χ3v) is 5.68. The molecule has 1 saturated carbocycles. The lowest BCUT2D eigenvalue weighted by Gasteiger charge is -2.33. The largest absolute Gasteiger partial charge is 0.333 e. The molecule has 2 heterocycles. The Hall–Kier alpha value is -0.910. The van der Waals surface area contributed by atoms with Gasteiger partial charge in [-0.15, -0.1) is 11.3 Å². The Kier molecular flexibility index (Phi) is 3.60. The van der Waals surface area contributed by atoms with Crippen LogP contribution in [-0.4, -0.2) is 10.1 Å². The van der Waals surface area contributed by atoms with E-state index in [1.54, 1.807) is 0 Å². The van der Waals surface area contributed by atoms with Gasteiger partial charge in [0.25, 0.3) is 5.89 Å². The molecule has 1 aliphatic carbocycles. The monoisotopic (exact) mass is 311 g/mol. The number of hydrogen-bond acceptors (Lipinski definition) is 5. The lowest BCUT2D eigenvalue weighted by molar-refractivity contribution is 0.222. The van der Waals surface area contributed by atoms with Crippen molar-refractivity contribution >= 4 is 22.9 Å². The first-order valence-corrected chi connectivity index (χ1v) is 8.12. The molecule has 2 aromatic rings. The maximum absolute atomic E-state index is 6.49. The number of nitrogens with zero attached hydrogens (tertiary/aromatic N) is 2. The molecule has 0 saturated heterocycles. The number of aromatic nitrogens is 2.